The summed E-state index contributed by atoms with van der Waals surface area (Å²) in [6.45, 7) is 1.07. The number of rotatable bonds is 3. The van der Waals surface area contributed by atoms with Gasteiger partial charge in [0.05, 0.1) is 18.2 Å². The summed E-state index contributed by atoms with van der Waals surface area (Å²) in [5.41, 5.74) is 1.90. The van der Waals surface area contributed by atoms with Crippen LogP contribution in [0.25, 0.3) is 10.9 Å². The molecule has 2 atom stereocenters. The molecule has 0 radical (unpaired) electrons. The molecule has 2 N–H and O–H groups in total. The third-order valence-electron chi connectivity index (χ3n) is 5.73. The normalized spacial score (nSPS) is 22.8. The van der Waals surface area contributed by atoms with Crippen LogP contribution in [-0.4, -0.2) is 70.7 Å². The fraction of sp³-hybridized carbons (Fsp3) is 0.474. The highest BCUT2D eigenvalue weighted by atomic mass is 16.5. The lowest BCUT2D eigenvalue weighted by Crippen LogP contribution is -2.49. The number of methoxy groups -OCH3 is 1. The van der Waals surface area contributed by atoms with E-state index in [1.807, 2.05) is 25.2 Å². The summed E-state index contributed by atoms with van der Waals surface area (Å²) in [6.07, 6.45) is -0.267. The van der Waals surface area contributed by atoms with Crippen molar-refractivity contribution in [1.82, 2.24) is 20.0 Å². The molecule has 4 amide bonds. The van der Waals surface area contributed by atoms with Gasteiger partial charge in [-0.05, 0) is 24.1 Å². The minimum Gasteiger partial charge on any atom is -0.465 e. The highest BCUT2D eigenvalue weighted by molar-refractivity contribution is 6.08. The second-order valence-corrected chi connectivity index (χ2v) is 7.38. The predicted octanol–water partition coefficient (Wildman–Crippen LogP) is 1.50. The lowest BCUT2D eigenvalue weighted by Gasteiger charge is -2.36. The number of benzene rings is 1. The number of fused-ring (bicyclic) bond motifs is 1. The first-order valence-electron chi connectivity index (χ1n) is 9.47. The summed E-state index contributed by atoms with van der Waals surface area (Å²) in [7, 11) is 3.41. The minimum absolute atomic E-state index is 0.0641. The highest BCUT2D eigenvalue weighted by Gasteiger charge is 2.33. The Hall–Kier alpha value is -3.14. The first kappa shape index (κ1) is 19.2. The quantitative estimate of drug-likeness (QED) is 0.805. The Balaban J connectivity index is 1.65. The zero-order chi connectivity index (χ0) is 20.7. The van der Waals surface area contributed by atoms with Crippen LogP contribution < -0.4 is 10.2 Å². The molecule has 4 rings (SSSR count). The van der Waals surface area contributed by atoms with Crippen LogP contribution in [-0.2, 0) is 16.6 Å². The van der Waals surface area contributed by atoms with Crippen molar-refractivity contribution in [2.24, 2.45) is 7.05 Å². The van der Waals surface area contributed by atoms with Gasteiger partial charge in [-0.1, -0.05) is 6.07 Å². The summed E-state index contributed by atoms with van der Waals surface area (Å²) in [5, 5.41) is 16.9. The Morgan fingerprint density at radius 1 is 1.31 bits per heavy atom. The smallest absolute Gasteiger partial charge is 0.407 e. The molecule has 2 aliphatic rings. The second-order valence-electron chi connectivity index (χ2n) is 7.38. The van der Waals surface area contributed by atoms with Crippen LogP contribution in [0.5, 0.6) is 0 Å². The van der Waals surface area contributed by atoms with Gasteiger partial charge >= 0.3 is 12.1 Å². The van der Waals surface area contributed by atoms with Gasteiger partial charge < -0.3 is 14.7 Å². The number of piperidine rings is 1. The molecular formula is C19H23N5O5. The summed E-state index contributed by atoms with van der Waals surface area (Å²) in [4.78, 5) is 37.8. The molecule has 0 aliphatic carbocycles. The monoisotopic (exact) mass is 401 g/mol. The van der Waals surface area contributed by atoms with E-state index in [0.29, 0.717) is 25.3 Å². The van der Waals surface area contributed by atoms with Crippen molar-refractivity contribution in [3.63, 3.8) is 0 Å². The number of urea groups is 1. The molecule has 0 saturated carbocycles. The van der Waals surface area contributed by atoms with Gasteiger partial charge in [0.1, 0.15) is 0 Å². The molecule has 2 aromatic rings. The van der Waals surface area contributed by atoms with E-state index < -0.39 is 12.1 Å². The van der Waals surface area contributed by atoms with Crippen molar-refractivity contribution in [1.29, 1.82) is 0 Å². The van der Waals surface area contributed by atoms with Crippen molar-refractivity contribution < 1.29 is 24.2 Å². The predicted molar refractivity (Wildman–Crippen MR) is 104 cm³/mol. The van der Waals surface area contributed by atoms with E-state index in [0.717, 1.165) is 16.5 Å². The lowest BCUT2D eigenvalue weighted by molar-refractivity contribution is -0.120. The van der Waals surface area contributed by atoms with Crippen LogP contribution in [0.2, 0.25) is 0 Å². The van der Waals surface area contributed by atoms with Crippen LogP contribution >= 0.6 is 0 Å². The van der Waals surface area contributed by atoms with Crippen molar-refractivity contribution >= 4 is 34.8 Å². The van der Waals surface area contributed by atoms with Crippen molar-refractivity contribution in [3.8, 4) is 0 Å². The number of carboxylic acid groups (broad SMARTS) is 1. The Morgan fingerprint density at radius 2 is 2.10 bits per heavy atom. The number of amides is 4. The molecule has 2 saturated heterocycles. The number of anilines is 1. The molecule has 2 fully saturated rings. The third kappa shape index (κ3) is 3.39. The maximum Gasteiger partial charge on any atom is 0.407 e. The van der Waals surface area contributed by atoms with Gasteiger partial charge in [0.2, 0.25) is 5.91 Å². The number of aromatic nitrogens is 2. The zero-order valence-electron chi connectivity index (χ0n) is 16.3. The van der Waals surface area contributed by atoms with Crippen molar-refractivity contribution in [3.05, 3.63) is 23.8 Å². The molecule has 10 heteroatoms. The van der Waals surface area contributed by atoms with E-state index in [9.17, 15) is 19.5 Å². The SMILES string of the molecule is COC1CN(C(=O)O)CCC1c1ccc2c(N3CCC(=O)NC3=O)nn(C)c2c1. The molecular weight excluding hydrogens is 378 g/mol. The van der Waals surface area contributed by atoms with Crippen LogP contribution in [0.15, 0.2) is 18.2 Å². The average molecular weight is 401 g/mol. The van der Waals surface area contributed by atoms with Gasteiger partial charge in [-0.15, -0.1) is 0 Å². The topological polar surface area (TPSA) is 117 Å². The first-order chi connectivity index (χ1) is 13.9. The van der Waals surface area contributed by atoms with Gasteiger partial charge in [0.25, 0.3) is 0 Å². The molecule has 154 valence electrons. The third-order valence-corrected chi connectivity index (χ3v) is 5.73. The van der Waals surface area contributed by atoms with E-state index in [-0.39, 0.29) is 30.9 Å². The fourth-order valence-electron chi connectivity index (χ4n) is 4.16. The number of ether oxygens (including phenoxy) is 1. The Morgan fingerprint density at radius 3 is 2.79 bits per heavy atom. The zero-order valence-corrected chi connectivity index (χ0v) is 16.3. The molecule has 2 aliphatic heterocycles. The number of hydrogen-bond donors (Lipinski definition) is 2. The molecule has 29 heavy (non-hydrogen) atoms. The molecule has 1 aromatic heterocycles. The average Bonchev–Trinajstić information content (AvgIpc) is 3.03. The van der Waals surface area contributed by atoms with E-state index in [2.05, 4.69) is 10.4 Å². The summed E-state index contributed by atoms with van der Waals surface area (Å²) in [6, 6.07) is 5.46. The van der Waals surface area contributed by atoms with Gasteiger partial charge in [-0.3, -0.25) is 19.7 Å². The van der Waals surface area contributed by atoms with Crippen LogP contribution in [0.1, 0.15) is 24.3 Å². The highest BCUT2D eigenvalue weighted by Crippen LogP contribution is 2.34. The lowest BCUT2D eigenvalue weighted by atomic mass is 9.86. The van der Waals surface area contributed by atoms with Crippen molar-refractivity contribution in [2.45, 2.75) is 24.9 Å². The number of nitrogens with one attached hydrogen (secondary N) is 1. The number of carbonyl (C=O) groups excluding carboxylic acids is 2. The number of aryl methyl sites for hydroxylation is 1. The number of hydrogen-bond acceptors (Lipinski definition) is 5. The van der Waals surface area contributed by atoms with Gasteiger partial charge in [-0.25, -0.2) is 9.59 Å². The van der Waals surface area contributed by atoms with E-state index in [1.165, 1.54) is 9.80 Å². The number of imide groups is 1. The largest absolute Gasteiger partial charge is 0.465 e. The number of nitrogens with zero attached hydrogens (tertiary/aromatic N) is 4. The minimum atomic E-state index is -0.935. The molecule has 2 unspecified atom stereocenters. The second kappa shape index (κ2) is 7.36. The van der Waals surface area contributed by atoms with E-state index in [4.69, 9.17) is 4.74 Å². The number of carbonyl (C=O) groups is 3. The van der Waals surface area contributed by atoms with Crippen molar-refractivity contribution in [2.75, 3.05) is 31.6 Å². The summed E-state index contributed by atoms with van der Waals surface area (Å²) >= 11 is 0. The van der Waals surface area contributed by atoms with Crippen LogP contribution in [0, 0.1) is 0 Å². The first-order valence-corrected chi connectivity index (χ1v) is 9.47. The van der Waals surface area contributed by atoms with Crippen LogP contribution in [0.3, 0.4) is 0 Å². The van der Waals surface area contributed by atoms with Crippen LogP contribution in [0.4, 0.5) is 15.4 Å². The van der Waals surface area contributed by atoms with Gasteiger partial charge in [0, 0.05) is 45.0 Å². The maximum absolute atomic E-state index is 12.2. The van der Waals surface area contributed by atoms with Gasteiger partial charge in [-0.2, -0.15) is 5.10 Å². The summed E-state index contributed by atoms with van der Waals surface area (Å²) < 4.78 is 7.30. The number of likely N-dealkylation sites (tertiary alicyclic amines) is 1. The Labute approximate surface area is 167 Å². The standard InChI is InChI=1S/C19H23N5O5/c1-22-14-9-11(12-5-7-23(19(27)28)10-15(12)29-2)3-4-13(14)17(21-22)24-8-6-16(25)20-18(24)26/h3-4,9,12,15H,5-8,10H2,1-2H3,(H,27,28)(H,20,25,26). The molecule has 0 bridgehead atoms. The molecule has 10 nitrogen and oxygen atoms in total. The summed E-state index contributed by atoms with van der Waals surface area (Å²) in [5.74, 6) is 0.296. The molecule has 1 aromatic carbocycles. The fourth-order valence-corrected chi connectivity index (χ4v) is 4.16. The van der Waals surface area contributed by atoms with Gasteiger partial charge in [0.15, 0.2) is 5.82 Å². The Kier molecular flexibility index (Phi) is 4.87. The maximum atomic E-state index is 12.2. The van der Waals surface area contributed by atoms with E-state index >= 15 is 0 Å². The van der Waals surface area contributed by atoms with E-state index in [1.54, 1.807) is 11.8 Å². The molecule has 0 spiro atoms. The Bertz CT molecular complexity index is 987. The molecule has 3 heterocycles.